The van der Waals surface area contributed by atoms with Crippen LogP contribution >= 0.6 is 0 Å². The second kappa shape index (κ2) is 7.50. The van der Waals surface area contributed by atoms with Crippen LogP contribution in [0.15, 0.2) is 29.2 Å². The molecule has 3 atom stereocenters. The third-order valence-electron chi connectivity index (χ3n) is 3.75. The van der Waals surface area contributed by atoms with E-state index in [0.29, 0.717) is 31.2 Å². The van der Waals surface area contributed by atoms with Crippen molar-refractivity contribution in [2.75, 3.05) is 13.2 Å². The molecule has 0 saturated carbocycles. The Morgan fingerprint density at radius 2 is 2.39 bits per heavy atom. The maximum Gasteiger partial charge on any atom is 0.327 e. The van der Waals surface area contributed by atoms with Crippen molar-refractivity contribution in [2.24, 2.45) is 11.0 Å². The molecule has 2 aliphatic heterocycles. The number of amides is 2. The summed E-state index contributed by atoms with van der Waals surface area (Å²) < 4.78 is 11.5. The second-order valence-corrected chi connectivity index (χ2v) is 6.20. The van der Waals surface area contributed by atoms with Gasteiger partial charge in [0.05, 0.1) is 18.8 Å². The van der Waals surface area contributed by atoms with E-state index in [-0.39, 0.29) is 18.2 Å². The largest absolute Gasteiger partial charge is 0.378 e. The van der Waals surface area contributed by atoms with Crippen molar-refractivity contribution in [3.8, 4) is 0 Å². The van der Waals surface area contributed by atoms with E-state index in [9.17, 15) is 4.79 Å². The van der Waals surface area contributed by atoms with Crippen molar-refractivity contribution in [3.63, 3.8) is 0 Å². The predicted molar refractivity (Wildman–Crippen MR) is 85.1 cm³/mol. The van der Waals surface area contributed by atoms with Crippen LogP contribution in [0.2, 0.25) is 0 Å². The monoisotopic (exact) mass is 321 g/mol. The lowest BCUT2D eigenvalue weighted by atomic mass is 10.1. The van der Waals surface area contributed by atoms with Gasteiger partial charge in [0.15, 0.2) is 0 Å². The van der Waals surface area contributed by atoms with Crippen LogP contribution in [-0.2, 0) is 9.47 Å². The highest BCUT2D eigenvalue weighted by Crippen LogP contribution is 2.29. The predicted octanol–water partition coefficient (Wildman–Crippen LogP) is 2.90. The first-order valence-corrected chi connectivity index (χ1v) is 7.66. The molecular formula is C15H23N5O3. The summed E-state index contributed by atoms with van der Waals surface area (Å²) in [5.74, 6) is 0.412. The molecule has 2 aliphatic rings. The zero-order valence-electron chi connectivity index (χ0n) is 13.7. The van der Waals surface area contributed by atoms with Crippen molar-refractivity contribution in [2.45, 2.75) is 45.6 Å². The minimum atomic E-state index is -0.485. The van der Waals surface area contributed by atoms with Crippen LogP contribution < -0.4 is 5.32 Å². The molecule has 23 heavy (non-hydrogen) atoms. The van der Waals surface area contributed by atoms with E-state index in [1.165, 1.54) is 4.90 Å². The van der Waals surface area contributed by atoms with Gasteiger partial charge in [0.2, 0.25) is 0 Å². The van der Waals surface area contributed by atoms with Crippen molar-refractivity contribution >= 4 is 6.03 Å². The number of carbonyl (C=O) groups is 1. The molecule has 1 fully saturated rings. The molecule has 0 radical (unpaired) electrons. The zero-order valence-corrected chi connectivity index (χ0v) is 13.7. The van der Waals surface area contributed by atoms with Crippen molar-refractivity contribution in [1.29, 1.82) is 0 Å². The molecule has 0 aliphatic carbocycles. The SMILES string of the molecule is C=C1NC(=O)N([C@H]2CC(N=[N+]=[N-])[C@@H](COCC(C)C)O2)C=C1C. The van der Waals surface area contributed by atoms with Crippen LogP contribution in [0.4, 0.5) is 4.79 Å². The summed E-state index contributed by atoms with van der Waals surface area (Å²) in [6, 6.07) is -0.655. The van der Waals surface area contributed by atoms with Crippen molar-refractivity contribution in [1.82, 2.24) is 10.2 Å². The molecule has 2 heterocycles. The van der Waals surface area contributed by atoms with E-state index in [1.807, 2.05) is 6.92 Å². The molecule has 126 valence electrons. The quantitative estimate of drug-likeness (QED) is 0.462. The summed E-state index contributed by atoms with van der Waals surface area (Å²) in [7, 11) is 0. The maximum absolute atomic E-state index is 12.1. The molecule has 0 aromatic rings. The van der Waals surface area contributed by atoms with Gasteiger partial charge in [-0.05, 0) is 23.9 Å². The van der Waals surface area contributed by atoms with Crippen LogP contribution in [-0.4, -0.2) is 42.5 Å². The lowest BCUT2D eigenvalue weighted by Gasteiger charge is -2.30. The van der Waals surface area contributed by atoms with Gasteiger partial charge >= 0.3 is 6.03 Å². The Labute approximate surface area is 135 Å². The highest BCUT2D eigenvalue weighted by Gasteiger charge is 2.40. The Bertz CT molecular complexity index is 553. The molecule has 8 nitrogen and oxygen atoms in total. The summed E-state index contributed by atoms with van der Waals surface area (Å²) >= 11 is 0. The highest BCUT2D eigenvalue weighted by molar-refractivity contribution is 5.80. The fourth-order valence-electron chi connectivity index (χ4n) is 2.49. The Morgan fingerprint density at radius 3 is 3.04 bits per heavy atom. The standard InChI is InChI=1S/C15H23N5O3/c1-9(2)7-22-8-13-12(18-19-16)5-14(23-13)20-6-10(3)11(4)17-15(20)21/h6,9,12-14H,4-5,7-8H2,1-3H3,(H,17,21)/t12?,13-,14-/m1/s1. The maximum atomic E-state index is 12.1. The Hall–Kier alpha value is -2.02. The number of carbonyl (C=O) groups excluding carboxylic acids is 1. The average molecular weight is 321 g/mol. The molecule has 2 amide bonds. The first-order valence-electron chi connectivity index (χ1n) is 7.66. The number of hydrogen-bond donors (Lipinski definition) is 1. The minimum Gasteiger partial charge on any atom is -0.378 e. The summed E-state index contributed by atoms with van der Waals surface area (Å²) in [6.07, 6.45) is 1.29. The van der Waals surface area contributed by atoms with Crippen molar-refractivity contribution < 1.29 is 14.3 Å². The van der Waals surface area contributed by atoms with Gasteiger partial charge in [0.25, 0.3) is 0 Å². The summed E-state index contributed by atoms with van der Waals surface area (Å²) in [4.78, 5) is 16.5. The third kappa shape index (κ3) is 4.25. The number of nitrogens with zero attached hydrogens (tertiary/aromatic N) is 4. The minimum absolute atomic E-state index is 0.297. The van der Waals surface area contributed by atoms with E-state index in [4.69, 9.17) is 15.0 Å². The summed E-state index contributed by atoms with van der Waals surface area (Å²) in [5, 5.41) is 6.47. The summed E-state index contributed by atoms with van der Waals surface area (Å²) in [6.45, 7) is 10.7. The van der Waals surface area contributed by atoms with Crippen LogP contribution in [0.25, 0.3) is 10.4 Å². The Balaban J connectivity index is 2.05. The number of rotatable bonds is 6. The normalized spacial score (nSPS) is 27.7. The smallest absolute Gasteiger partial charge is 0.327 e. The van der Waals surface area contributed by atoms with Gasteiger partial charge in [-0.3, -0.25) is 4.90 Å². The van der Waals surface area contributed by atoms with E-state index < -0.39 is 6.23 Å². The van der Waals surface area contributed by atoms with E-state index in [1.54, 1.807) is 6.20 Å². The molecule has 1 unspecified atom stereocenters. The molecular weight excluding hydrogens is 298 g/mol. The van der Waals surface area contributed by atoms with Gasteiger partial charge in [0.1, 0.15) is 6.23 Å². The van der Waals surface area contributed by atoms with Crippen molar-refractivity contribution in [3.05, 3.63) is 34.5 Å². The van der Waals surface area contributed by atoms with E-state index in [0.717, 1.165) is 5.57 Å². The second-order valence-electron chi connectivity index (χ2n) is 6.20. The Kier molecular flexibility index (Phi) is 5.65. The number of ether oxygens (including phenoxy) is 2. The number of azide groups is 1. The molecule has 1 saturated heterocycles. The molecule has 1 N–H and O–H groups in total. The lowest BCUT2D eigenvalue weighted by molar-refractivity contribution is -0.0567. The lowest BCUT2D eigenvalue weighted by Crippen LogP contribution is -2.45. The van der Waals surface area contributed by atoms with E-state index >= 15 is 0 Å². The van der Waals surface area contributed by atoms with Crippen LogP contribution in [0.3, 0.4) is 0 Å². The number of nitrogens with one attached hydrogen (secondary N) is 1. The average Bonchev–Trinajstić information content (AvgIpc) is 2.86. The van der Waals surface area contributed by atoms with Gasteiger partial charge < -0.3 is 14.8 Å². The van der Waals surface area contributed by atoms with Gasteiger partial charge in [-0.25, -0.2) is 4.79 Å². The first kappa shape index (κ1) is 17.3. The van der Waals surface area contributed by atoms with Gasteiger partial charge in [-0.15, -0.1) is 0 Å². The van der Waals surface area contributed by atoms with Gasteiger partial charge in [-0.1, -0.05) is 25.5 Å². The number of urea groups is 1. The van der Waals surface area contributed by atoms with Crippen LogP contribution in [0, 0.1) is 5.92 Å². The van der Waals surface area contributed by atoms with Crippen LogP contribution in [0.5, 0.6) is 0 Å². The number of allylic oxidation sites excluding steroid dienone is 1. The first-order chi connectivity index (χ1) is 10.9. The van der Waals surface area contributed by atoms with Gasteiger partial charge in [0, 0.05) is 29.8 Å². The fraction of sp³-hybridized carbons (Fsp3) is 0.667. The zero-order chi connectivity index (χ0) is 17.0. The molecule has 8 heteroatoms. The highest BCUT2D eigenvalue weighted by atomic mass is 16.6. The van der Waals surface area contributed by atoms with E-state index in [2.05, 4.69) is 35.8 Å². The summed E-state index contributed by atoms with van der Waals surface area (Å²) in [5.41, 5.74) is 10.2. The Morgan fingerprint density at radius 1 is 1.65 bits per heavy atom. The molecule has 0 bridgehead atoms. The van der Waals surface area contributed by atoms with Gasteiger partial charge in [-0.2, -0.15) is 0 Å². The van der Waals surface area contributed by atoms with Crippen LogP contribution in [0.1, 0.15) is 27.2 Å². The number of hydrogen-bond acceptors (Lipinski definition) is 4. The molecule has 0 aromatic heterocycles. The molecule has 2 rings (SSSR count). The molecule has 0 spiro atoms. The topological polar surface area (TPSA) is 99.6 Å². The third-order valence-corrected chi connectivity index (χ3v) is 3.75. The fourth-order valence-corrected chi connectivity index (χ4v) is 2.49. The molecule has 0 aromatic carbocycles.